The van der Waals surface area contributed by atoms with Crippen LogP contribution < -0.4 is 11.1 Å². The Morgan fingerprint density at radius 3 is 2.95 bits per heavy atom. The molecule has 1 aliphatic rings. The van der Waals surface area contributed by atoms with E-state index in [4.69, 9.17) is 11.0 Å². The number of hydrogen-bond donors (Lipinski definition) is 2. The molecule has 1 aromatic heterocycles. The smallest absolute Gasteiger partial charge is 0.382 e. The predicted molar refractivity (Wildman–Crippen MR) is 70.3 cm³/mol. The molecule has 0 saturated carbocycles. The van der Waals surface area contributed by atoms with Crippen molar-refractivity contribution >= 4 is 22.4 Å². The fraction of sp³-hybridized carbons (Fsp3) is 0.636. The maximum Gasteiger partial charge on any atom is 0.401 e. The summed E-state index contributed by atoms with van der Waals surface area (Å²) in [4.78, 5) is 1.40. The summed E-state index contributed by atoms with van der Waals surface area (Å²) in [5, 5.41) is 12.6. The lowest BCUT2D eigenvalue weighted by Crippen LogP contribution is -2.33. The van der Waals surface area contributed by atoms with Crippen molar-refractivity contribution in [2.75, 3.05) is 37.2 Å². The molecule has 0 spiro atoms. The number of alkyl halides is 3. The predicted octanol–water partition coefficient (Wildman–Crippen LogP) is 1.89. The number of nitrogens with zero attached hydrogens (tertiary/aromatic N) is 3. The zero-order chi connectivity index (χ0) is 14.8. The molecule has 0 radical (unpaired) electrons. The first kappa shape index (κ1) is 14.9. The lowest BCUT2D eigenvalue weighted by molar-refractivity contribution is -0.143. The van der Waals surface area contributed by atoms with Crippen LogP contribution in [0.4, 0.5) is 24.0 Å². The van der Waals surface area contributed by atoms with E-state index in [0.29, 0.717) is 36.6 Å². The van der Waals surface area contributed by atoms with Gasteiger partial charge in [-0.25, -0.2) is 0 Å². The zero-order valence-electron chi connectivity index (χ0n) is 10.6. The van der Waals surface area contributed by atoms with Gasteiger partial charge in [-0.2, -0.15) is 22.8 Å². The number of rotatable bonds is 4. The van der Waals surface area contributed by atoms with E-state index < -0.39 is 12.7 Å². The second kappa shape index (κ2) is 5.85. The molecule has 20 heavy (non-hydrogen) atoms. The van der Waals surface area contributed by atoms with E-state index >= 15 is 0 Å². The Morgan fingerprint density at radius 1 is 1.55 bits per heavy atom. The van der Waals surface area contributed by atoms with Gasteiger partial charge in [-0.1, -0.05) is 0 Å². The highest BCUT2D eigenvalue weighted by Gasteiger charge is 2.34. The number of hydrogen-bond acceptors (Lipinski definition) is 6. The molecule has 2 heterocycles. The van der Waals surface area contributed by atoms with Crippen molar-refractivity contribution in [1.29, 1.82) is 5.26 Å². The van der Waals surface area contributed by atoms with Gasteiger partial charge in [-0.05, 0) is 30.4 Å². The SMILES string of the molecule is N#Cc1c(N)nsc1NCC1CCN(CC(F)(F)F)C1. The Bertz CT molecular complexity index is 507. The molecular weight excluding hydrogens is 291 g/mol. The third-order valence-corrected chi connectivity index (χ3v) is 3.97. The van der Waals surface area contributed by atoms with E-state index in [9.17, 15) is 13.2 Å². The molecule has 1 unspecified atom stereocenters. The van der Waals surface area contributed by atoms with Crippen LogP contribution >= 0.6 is 11.5 Å². The van der Waals surface area contributed by atoms with E-state index in [1.165, 1.54) is 4.90 Å². The van der Waals surface area contributed by atoms with Crippen LogP contribution in [0.3, 0.4) is 0 Å². The highest BCUT2D eigenvalue weighted by molar-refractivity contribution is 7.10. The number of likely N-dealkylation sites (tertiary alicyclic amines) is 1. The number of nitrogens with two attached hydrogens (primary N) is 1. The van der Waals surface area contributed by atoms with Crippen LogP contribution in [0.2, 0.25) is 0 Å². The van der Waals surface area contributed by atoms with E-state index in [1.54, 1.807) is 0 Å². The number of nitrogen functional groups attached to an aromatic ring is 1. The summed E-state index contributed by atoms with van der Waals surface area (Å²) in [6.07, 6.45) is -3.44. The van der Waals surface area contributed by atoms with Gasteiger partial charge in [0.05, 0.1) is 6.54 Å². The van der Waals surface area contributed by atoms with Crippen molar-refractivity contribution in [3.8, 4) is 6.07 Å². The van der Waals surface area contributed by atoms with Crippen LogP contribution in [0.5, 0.6) is 0 Å². The summed E-state index contributed by atoms with van der Waals surface area (Å²) in [5.41, 5.74) is 5.84. The maximum atomic E-state index is 12.3. The summed E-state index contributed by atoms with van der Waals surface area (Å²) in [6.45, 7) is 0.510. The maximum absolute atomic E-state index is 12.3. The van der Waals surface area contributed by atoms with Gasteiger partial charge in [-0.15, -0.1) is 0 Å². The minimum Gasteiger partial charge on any atom is -0.382 e. The highest BCUT2D eigenvalue weighted by Crippen LogP contribution is 2.27. The van der Waals surface area contributed by atoms with Crippen LogP contribution in [0, 0.1) is 17.2 Å². The molecule has 9 heteroatoms. The molecule has 0 amide bonds. The molecule has 1 saturated heterocycles. The Morgan fingerprint density at radius 2 is 2.30 bits per heavy atom. The van der Waals surface area contributed by atoms with Crippen LogP contribution in [-0.2, 0) is 0 Å². The Kier molecular flexibility index (Phi) is 4.35. The average Bonchev–Trinajstić information content (AvgIpc) is 2.91. The van der Waals surface area contributed by atoms with Gasteiger partial charge < -0.3 is 11.1 Å². The Hall–Kier alpha value is -1.53. The van der Waals surface area contributed by atoms with Crippen LogP contribution in [0.1, 0.15) is 12.0 Å². The van der Waals surface area contributed by atoms with Gasteiger partial charge in [0.2, 0.25) is 0 Å². The van der Waals surface area contributed by atoms with Crippen molar-refractivity contribution < 1.29 is 13.2 Å². The van der Waals surface area contributed by atoms with Crippen molar-refractivity contribution in [3.05, 3.63) is 5.56 Å². The molecule has 1 aromatic rings. The number of nitriles is 1. The van der Waals surface area contributed by atoms with E-state index in [2.05, 4.69) is 9.69 Å². The largest absolute Gasteiger partial charge is 0.401 e. The fourth-order valence-corrected chi connectivity index (χ4v) is 2.92. The van der Waals surface area contributed by atoms with Crippen molar-refractivity contribution in [2.24, 2.45) is 5.92 Å². The minimum atomic E-state index is -4.15. The summed E-state index contributed by atoms with van der Waals surface area (Å²) in [7, 11) is 0. The molecule has 1 atom stereocenters. The van der Waals surface area contributed by atoms with Crippen molar-refractivity contribution in [2.45, 2.75) is 12.6 Å². The van der Waals surface area contributed by atoms with Gasteiger partial charge in [0.25, 0.3) is 0 Å². The Balaban J connectivity index is 1.83. The van der Waals surface area contributed by atoms with Crippen LogP contribution in [0.15, 0.2) is 0 Å². The van der Waals surface area contributed by atoms with Crippen LogP contribution in [-0.4, -0.2) is 41.6 Å². The number of nitrogens with one attached hydrogen (secondary N) is 1. The zero-order valence-corrected chi connectivity index (χ0v) is 11.4. The third-order valence-electron chi connectivity index (χ3n) is 3.15. The first-order chi connectivity index (χ1) is 9.39. The molecule has 5 nitrogen and oxygen atoms in total. The van der Waals surface area contributed by atoms with Crippen molar-refractivity contribution in [1.82, 2.24) is 9.27 Å². The normalized spacial score (nSPS) is 20.0. The van der Waals surface area contributed by atoms with E-state index in [1.807, 2.05) is 6.07 Å². The molecule has 1 fully saturated rings. The third kappa shape index (κ3) is 3.74. The van der Waals surface area contributed by atoms with E-state index in [-0.39, 0.29) is 11.7 Å². The fourth-order valence-electron chi connectivity index (χ4n) is 2.24. The number of anilines is 2. The molecule has 3 N–H and O–H groups in total. The first-order valence-corrected chi connectivity index (χ1v) is 6.84. The summed E-state index contributed by atoms with van der Waals surface area (Å²) in [6, 6.07) is 1.96. The first-order valence-electron chi connectivity index (χ1n) is 6.07. The van der Waals surface area contributed by atoms with Crippen molar-refractivity contribution in [3.63, 3.8) is 0 Å². The van der Waals surface area contributed by atoms with Gasteiger partial charge >= 0.3 is 6.18 Å². The summed E-state index contributed by atoms with van der Waals surface area (Å²) < 4.78 is 40.7. The molecule has 0 aromatic carbocycles. The Labute approximate surface area is 118 Å². The van der Waals surface area contributed by atoms with Crippen LogP contribution in [0.25, 0.3) is 0 Å². The standard InChI is InChI=1S/C11H14F3N5S/c12-11(13,14)6-19-2-1-7(5-19)4-17-10-8(3-15)9(16)18-20-10/h7,17H,1-2,4-6H2,(H2,16,18). The lowest BCUT2D eigenvalue weighted by atomic mass is 10.1. The lowest BCUT2D eigenvalue weighted by Gasteiger charge is -2.18. The van der Waals surface area contributed by atoms with Gasteiger partial charge in [-0.3, -0.25) is 4.90 Å². The second-order valence-corrected chi connectivity index (χ2v) is 5.54. The molecule has 2 rings (SSSR count). The highest BCUT2D eigenvalue weighted by atomic mass is 32.1. The second-order valence-electron chi connectivity index (χ2n) is 4.77. The molecule has 0 bridgehead atoms. The number of halogens is 3. The molecular formula is C11H14F3N5S. The minimum absolute atomic E-state index is 0.132. The molecule has 1 aliphatic heterocycles. The molecule has 0 aliphatic carbocycles. The average molecular weight is 305 g/mol. The van der Waals surface area contributed by atoms with Gasteiger partial charge in [0.1, 0.15) is 16.6 Å². The quantitative estimate of drug-likeness (QED) is 0.888. The summed E-state index contributed by atoms with van der Waals surface area (Å²) in [5.74, 6) is 0.317. The van der Waals surface area contributed by atoms with Gasteiger partial charge in [0.15, 0.2) is 5.82 Å². The number of aromatic nitrogens is 1. The summed E-state index contributed by atoms with van der Waals surface area (Å²) >= 11 is 1.09. The molecule has 110 valence electrons. The topological polar surface area (TPSA) is 78.0 Å². The monoisotopic (exact) mass is 305 g/mol. The van der Waals surface area contributed by atoms with Gasteiger partial charge in [0, 0.05) is 13.1 Å². The van der Waals surface area contributed by atoms with E-state index in [0.717, 1.165) is 11.5 Å².